The van der Waals surface area contributed by atoms with Gasteiger partial charge in [-0.25, -0.2) is 0 Å². The van der Waals surface area contributed by atoms with E-state index in [4.69, 9.17) is 0 Å². The third-order valence-corrected chi connectivity index (χ3v) is 3.19. The lowest BCUT2D eigenvalue weighted by molar-refractivity contribution is -0.119. The maximum atomic E-state index is 11.1. The lowest BCUT2D eigenvalue weighted by Gasteiger charge is -2.18. The minimum atomic E-state index is -0.204. The molecule has 2 heteroatoms. The van der Waals surface area contributed by atoms with Crippen LogP contribution in [0.5, 0.6) is 0 Å². The Kier molecular flexibility index (Phi) is 5.69. The predicted molar refractivity (Wildman–Crippen MR) is 68.4 cm³/mol. The lowest BCUT2D eigenvalue weighted by atomic mass is 9.87. The van der Waals surface area contributed by atoms with Crippen LogP contribution >= 0.6 is 0 Å². The summed E-state index contributed by atoms with van der Waals surface area (Å²) in [7, 11) is 0. The van der Waals surface area contributed by atoms with Gasteiger partial charge < -0.3 is 0 Å². The molecule has 0 amide bonds. The van der Waals surface area contributed by atoms with Gasteiger partial charge in [0.15, 0.2) is 11.6 Å². The summed E-state index contributed by atoms with van der Waals surface area (Å²) in [6, 6.07) is 0. The van der Waals surface area contributed by atoms with Gasteiger partial charge in [-0.2, -0.15) is 0 Å². The molecule has 1 aliphatic carbocycles. The van der Waals surface area contributed by atoms with Crippen LogP contribution in [0.25, 0.3) is 0 Å². The number of ketones is 2. The van der Waals surface area contributed by atoms with Crippen LogP contribution in [0.15, 0.2) is 11.6 Å². The summed E-state index contributed by atoms with van der Waals surface area (Å²) in [5.74, 6) is 6.21. The zero-order chi connectivity index (χ0) is 12.7. The number of allylic oxidation sites excluding steroid dienone is 2. The molecule has 0 aromatic rings. The molecule has 0 spiro atoms. The molecule has 0 atom stereocenters. The van der Waals surface area contributed by atoms with Crippen molar-refractivity contribution in [1.82, 2.24) is 0 Å². The fraction of sp³-hybridized carbons (Fsp3) is 0.600. The van der Waals surface area contributed by atoms with Crippen LogP contribution in [0.3, 0.4) is 0 Å². The highest BCUT2D eigenvalue weighted by molar-refractivity contribution is 6.18. The minimum Gasteiger partial charge on any atom is -0.294 e. The molecule has 1 fully saturated rings. The van der Waals surface area contributed by atoms with Crippen molar-refractivity contribution in [3.05, 3.63) is 11.6 Å². The molecular weight excluding hydrogens is 212 g/mol. The van der Waals surface area contributed by atoms with Crippen molar-refractivity contribution in [2.75, 3.05) is 0 Å². The number of hydrogen-bond donors (Lipinski definition) is 0. The summed E-state index contributed by atoms with van der Waals surface area (Å²) in [6.07, 6.45) is 8.87. The molecule has 2 nitrogen and oxygen atoms in total. The first kappa shape index (κ1) is 13.7. The van der Waals surface area contributed by atoms with E-state index in [1.54, 1.807) is 0 Å². The first-order chi connectivity index (χ1) is 8.11. The van der Waals surface area contributed by atoms with Crippen molar-refractivity contribution in [2.45, 2.75) is 52.4 Å². The van der Waals surface area contributed by atoms with Gasteiger partial charge in [-0.05, 0) is 32.6 Å². The highest BCUT2D eigenvalue weighted by Gasteiger charge is 2.11. The fourth-order valence-corrected chi connectivity index (χ4v) is 2.17. The van der Waals surface area contributed by atoms with Gasteiger partial charge in [0, 0.05) is 12.5 Å². The molecule has 0 saturated heterocycles. The average molecular weight is 232 g/mol. The zero-order valence-corrected chi connectivity index (χ0v) is 10.7. The average Bonchev–Trinajstić information content (AvgIpc) is 2.29. The number of carbonyl (C=O) groups is 2. The zero-order valence-electron chi connectivity index (χ0n) is 10.7. The topological polar surface area (TPSA) is 34.1 Å². The fourth-order valence-electron chi connectivity index (χ4n) is 2.17. The maximum Gasteiger partial charge on any atom is 0.164 e. The van der Waals surface area contributed by atoms with Crippen LogP contribution in [0.1, 0.15) is 52.4 Å². The van der Waals surface area contributed by atoms with Crippen LogP contribution in [0.4, 0.5) is 0 Å². The lowest BCUT2D eigenvalue weighted by Crippen LogP contribution is -2.06. The quantitative estimate of drug-likeness (QED) is 0.324. The number of hydrogen-bond acceptors (Lipinski definition) is 2. The van der Waals surface area contributed by atoms with Crippen molar-refractivity contribution < 1.29 is 9.59 Å². The molecular formula is C15H20O2. The molecule has 17 heavy (non-hydrogen) atoms. The van der Waals surface area contributed by atoms with E-state index in [0.717, 1.165) is 6.42 Å². The molecule has 0 aromatic carbocycles. The smallest absolute Gasteiger partial charge is 0.164 e. The first-order valence-corrected chi connectivity index (χ1v) is 6.31. The van der Waals surface area contributed by atoms with Gasteiger partial charge >= 0.3 is 0 Å². The van der Waals surface area contributed by atoms with E-state index in [1.165, 1.54) is 52.0 Å². The molecule has 0 radical (unpaired) electrons. The number of Topliss-reactive ketones (excluding diaryl/α,β-unsaturated/α-hetero) is 2. The van der Waals surface area contributed by atoms with E-state index < -0.39 is 0 Å². The van der Waals surface area contributed by atoms with Crippen molar-refractivity contribution in [2.24, 2.45) is 5.92 Å². The van der Waals surface area contributed by atoms with E-state index in [1.807, 2.05) is 0 Å². The Morgan fingerprint density at radius 2 is 1.71 bits per heavy atom. The molecule has 1 rings (SSSR count). The van der Waals surface area contributed by atoms with Gasteiger partial charge in [0.25, 0.3) is 0 Å². The second-order valence-electron chi connectivity index (χ2n) is 4.70. The summed E-state index contributed by atoms with van der Waals surface area (Å²) in [5, 5.41) is 0. The molecule has 0 aliphatic heterocycles. The monoisotopic (exact) mass is 232 g/mol. The minimum absolute atomic E-state index is 0.204. The summed E-state index contributed by atoms with van der Waals surface area (Å²) >= 11 is 0. The molecule has 0 N–H and O–H groups in total. The van der Waals surface area contributed by atoms with E-state index >= 15 is 0 Å². The van der Waals surface area contributed by atoms with Gasteiger partial charge in [0.1, 0.15) is 0 Å². The predicted octanol–water partition coefficient (Wildman–Crippen LogP) is 3.06. The number of rotatable bonds is 3. The third kappa shape index (κ3) is 4.99. The van der Waals surface area contributed by atoms with E-state index in [0.29, 0.717) is 5.92 Å². The summed E-state index contributed by atoms with van der Waals surface area (Å²) in [6.45, 7) is 2.80. The van der Waals surface area contributed by atoms with E-state index in [2.05, 4.69) is 11.8 Å². The van der Waals surface area contributed by atoms with Gasteiger partial charge in [-0.15, -0.1) is 0 Å². The maximum absolute atomic E-state index is 11.1. The Morgan fingerprint density at radius 1 is 1.12 bits per heavy atom. The van der Waals surface area contributed by atoms with Crippen molar-refractivity contribution in [3.8, 4) is 11.8 Å². The summed E-state index contributed by atoms with van der Waals surface area (Å²) < 4.78 is 0. The normalized spacial score (nSPS) is 15.6. The molecule has 1 saturated carbocycles. The van der Waals surface area contributed by atoms with Crippen LogP contribution in [0, 0.1) is 17.8 Å². The van der Waals surface area contributed by atoms with Crippen molar-refractivity contribution in [1.29, 1.82) is 0 Å². The van der Waals surface area contributed by atoms with Gasteiger partial charge in [-0.3, -0.25) is 9.59 Å². The largest absolute Gasteiger partial charge is 0.294 e. The van der Waals surface area contributed by atoms with Gasteiger partial charge in [-0.1, -0.05) is 31.1 Å². The van der Waals surface area contributed by atoms with Crippen molar-refractivity contribution in [3.63, 3.8) is 0 Å². The van der Waals surface area contributed by atoms with Crippen LogP contribution < -0.4 is 0 Å². The Labute approximate surface area is 103 Å². The van der Waals surface area contributed by atoms with Crippen LogP contribution in [-0.4, -0.2) is 11.6 Å². The Bertz CT molecular complexity index is 357. The van der Waals surface area contributed by atoms with Crippen LogP contribution in [0.2, 0.25) is 0 Å². The highest BCUT2D eigenvalue weighted by Crippen LogP contribution is 2.25. The molecule has 1 aliphatic rings. The Hall–Kier alpha value is -1.36. The third-order valence-electron chi connectivity index (χ3n) is 3.19. The second-order valence-corrected chi connectivity index (χ2v) is 4.70. The molecule has 0 aromatic heterocycles. The van der Waals surface area contributed by atoms with E-state index in [-0.39, 0.29) is 17.1 Å². The first-order valence-electron chi connectivity index (χ1n) is 6.31. The molecule has 0 heterocycles. The van der Waals surface area contributed by atoms with E-state index in [9.17, 15) is 9.59 Å². The summed E-state index contributed by atoms with van der Waals surface area (Å²) in [4.78, 5) is 22.2. The Morgan fingerprint density at radius 3 is 2.24 bits per heavy atom. The molecule has 0 bridgehead atoms. The number of carbonyl (C=O) groups excluding carboxylic acids is 2. The Balaban J connectivity index is 2.50. The van der Waals surface area contributed by atoms with Gasteiger partial charge in [0.05, 0.1) is 5.57 Å². The second kappa shape index (κ2) is 7.06. The van der Waals surface area contributed by atoms with Crippen LogP contribution in [-0.2, 0) is 9.59 Å². The van der Waals surface area contributed by atoms with Gasteiger partial charge in [0.2, 0.25) is 0 Å². The van der Waals surface area contributed by atoms with Crippen molar-refractivity contribution >= 4 is 11.6 Å². The molecule has 0 unspecified atom stereocenters. The standard InChI is InChI=1S/C15H20O2/c1-12(16)15(13(2)17)11-7-6-10-14-8-4-3-5-9-14/h11,14H,3-5,8-10H2,1-2H3. The summed E-state index contributed by atoms with van der Waals surface area (Å²) in [5.41, 5.74) is 0.209. The molecule has 92 valence electrons. The highest BCUT2D eigenvalue weighted by atomic mass is 16.1. The SMILES string of the molecule is CC(=O)C(=CC#CCC1CCCCC1)C(C)=O.